The zero-order chi connectivity index (χ0) is 15.8. The van der Waals surface area contributed by atoms with Gasteiger partial charge in [0.2, 0.25) is 0 Å². The van der Waals surface area contributed by atoms with Crippen LogP contribution in [0.5, 0.6) is 0 Å². The van der Waals surface area contributed by atoms with E-state index in [1.165, 1.54) is 0 Å². The number of hydrogen-bond acceptors (Lipinski definition) is 3. The van der Waals surface area contributed by atoms with Gasteiger partial charge < -0.3 is 5.73 Å². The van der Waals surface area contributed by atoms with E-state index in [1.54, 1.807) is 26.0 Å². The summed E-state index contributed by atoms with van der Waals surface area (Å²) in [6.07, 6.45) is 0. The lowest BCUT2D eigenvalue weighted by molar-refractivity contribution is 0.599. The van der Waals surface area contributed by atoms with Crippen LogP contribution in [0.4, 0.5) is 15.8 Å². The third-order valence-corrected chi connectivity index (χ3v) is 5.37. The van der Waals surface area contributed by atoms with Gasteiger partial charge in [-0.15, -0.1) is 0 Å². The largest absolute Gasteiger partial charge is 0.396 e. The maximum Gasteiger partial charge on any atom is 0.263 e. The summed E-state index contributed by atoms with van der Waals surface area (Å²) in [5.74, 6) is -0.673. The minimum absolute atomic E-state index is 0.107. The van der Waals surface area contributed by atoms with Crippen molar-refractivity contribution in [3.8, 4) is 0 Å². The second kappa shape index (κ2) is 5.65. The first kappa shape index (κ1) is 15.8. The number of hydrogen-bond donors (Lipinski definition) is 2. The summed E-state index contributed by atoms with van der Waals surface area (Å²) in [6.45, 7) is 3.61. The quantitative estimate of drug-likeness (QED) is 0.808. The van der Waals surface area contributed by atoms with E-state index in [0.29, 0.717) is 5.69 Å². The first-order valence-corrected chi connectivity index (χ1v) is 8.33. The molecule has 0 amide bonds. The predicted molar refractivity (Wildman–Crippen MR) is 85.2 cm³/mol. The SMILES string of the molecule is Cc1cccc(C)c1NS(=O)(=O)c1cc(N)c(F)cc1Br. The number of benzene rings is 2. The van der Waals surface area contributed by atoms with Gasteiger partial charge in [-0.1, -0.05) is 18.2 Å². The van der Waals surface area contributed by atoms with Crippen molar-refractivity contribution in [2.24, 2.45) is 0 Å². The smallest absolute Gasteiger partial charge is 0.263 e. The molecule has 0 bridgehead atoms. The molecule has 21 heavy (non-hydrogen) atoms. The molecular formula is C14H14BrFN2O2S. The molecule has 7 heteroatoms. The highest BCUT2D eigenvalue weighted by molar-refractivity contribution is 9.10. The van der Waals surface area contributed by atoms with Crippen molar-refractivity contribution in [3.05, 3.63) is 51.7 Å². The molecule has 2 rings (SSSR count). The van der Waals surface area contributed by atoms with Crippen molar-refractivity contribution in [2.45, 2.75) is 18.7 Å². The number of nitrogens with one attached hydrogen (secondary N) is 1. The van der Waals surface area contributed by atoms with E-state index in [0.717, 1.165) is 23.3 Å². The third-order valence-electron chi connectivity index (χ3n) is 3.06. The predicted octanol–water partition coefficient (Wildman–Crippen LogP) is 3.59. The molecule has 0 aliphatic rings. The fraction of sp³-hybridized carbons (Fsp3) is 0.143. The molecule has 4 nitrogen and oxygen atoms in total. The number of anilines is 2. The van der Waals surface area contributed by atoms with E-state index in [2.05, 4.69) is 20.7 Å². The Balaban J connectivity index is 2.51. The summed E-state index contributed by atoms with van der Waals surface area (Å²) < 4.78 is 40.9. The number of sulfonamides is 1. The fourth-order valence-corrected chi connectivity index (χ4v) is 4.17. The summed E-state index contributed by atoms with van der Waals surface area (Å²) in [6, 6.07) is 7.58. The fourth-order valence-electron chi connectivity index (χ4n) is 1.92. The van der Waals surface area contributed by atoms with Gasteiger partial charge in [0.25, 0.3) is 10.0 Å². The normalized spacial score (nSPS) is 11.4. The molecule has 0 atom stereocenters. The number of aryl methyl sites for hydroxylation is 2. The summed E-state index contributed by atoms with van der Waals surface area (Å²) in [5.41, 5.74) is 7.33. The average molecular weight is 373 g/mol. The minimum Gasteiger partial charge on any atom is -0.396 e. The highest BCUT2D eigenvalue weighted by Crippen LogP contribution is 2.30. The molecule has 2 aromatic carbocycles. The highest BCUT2D eigenvalue weighted by Gasteiger charge is 2.21. The number of rotatable bonds is 3. The Hall–Kier alpha value is -1.60. The molecule has 0 aliphatic heterocycles. The van der Waals surface area contributed by atoms with Crippen molar-refractivity contribution < 1.29 is 12.8 Å². The highest BCUT2D eigenvalue weighted by atomic mass is 79.9. The first-order chi connectivity index (χ1) is 9.72. The molecule has 2 aromatic rings. The van der Waals surface area contributed by atoms with Crippen molar-refractivity contribution in [3.63, 3.8) is 0 Å². The molecule has 0 fully saturated rings. The number of halogens is 2. The van der Waals surface area contributed by atoms with Gasteiger partial charge >= 0.3 is 0 Å². The molecule has 0 aromatic heterocycles. The summed E-state index contributed by atoms with van der Waals surface area (Å²) in [4.78, 5) is -0.107. The van der Waals surface area contributed by atoms with Crippen LogP contribution in [-0.4, -0.2) is 8.42 Å². The van der Waals surface area contributed by atoms with Gasteiger partial charge in [-0.2, -0.15) is 0 Å². The minimum atomic E-state index is -3.87. The van der Waals surface area contributed by atoms with Gasteiger partial charge in [-0.3, -0.25) is 4.72 Å². The van der Waals surface area contributed by atoms with Crippen molar-refractivity contribution in [2.75, 3.05) is 10.5 Å². The molecular weight excluding hydrogens is 359 g/mol. The Morgan fingerprint density at radius 1 is 1.19 bits per heavy atom. The topological polar surface area (TPSA) is 72.2 Å². The lowest BCUT2D eigenvalue weighted by atomic mass is 10.1. The molecule has 0 spiro atoms. The number of nitrogens with two attached hydrogens (primary N) is 1. The van der Waals surface area contributed by atoms with Crippen LogP contribution in [0.2, 0.25) is 0 Å². The molecule has 0 saturated heterocycles. The second-order valence-corrected chi connectivity index (χ2v) is 7.18. The molecule has 0 radical (unpaired) electrons. The molecule has 3 N–H and O–H groups in total. The Morgan fingerprint density at radius 2 is 1.76 bits per heavy atom. The van der Waals surface area contributed by atoms with Crippen LogP contribution in [0.15, 0.2) is 39.7 Å². The van der Waals surface area contributed by atoms with E-state index >= 15 is 0 Å². The Morgan fingerprint density at radius 3 is 2.33 bits per heavy atom. The van der Waals surface area contributed by atoms with Crippen LogP contribution < -0.4 is 10.5 Å². The molecule has 0 heterocycles. The maximum atomic E-state index is 13.3. The van der Waals surface area contributed by atoms with Crippen LogP contribution in [0, 0.1) is 19.7 Å². The Bertz CT molecular complexity index is 787. The lowest BCUT2D eigenvalue weighted by Crippen LogP contribution is -2.16. The summed E-state index contributed by atoms with van der Waals surface area (Å²) >= 11 is 3.05. The van der Waals surface area contributed by atoms with Crippen LogP contribution in [0.1, 0.15) is 11.1 Å². The van der Waals surface area contributed by atoms with Gasteiger partial charge in [-0.25, -0.2) is 12.8 Å². The van der Waals surface area contributed by atoms with Crippen molar-refractivity contribution in [1.82, 2.24) is 0 Å². The zero-order valence-corrected chi connectivity index (χ0v) is 13.8. The van der Waals surface area contributed by atoms with Gasteiger partial charge in [0.1, 0.15) is 10.7 Å². The number of nitrogen functional groups attached to an aromatic ring is 1. The lowest BCUT2D eigenvalue weighted by Gasteiger charge is -2.14. The molecule has 112 valence electrons. The van der Waals surface area contributed by atoms with E-state index < -0.39 is 15.8 Å². The maximum absolute atomic E-state index is 13.3. The van der Waals surface area contributed by atoms with E-state index in [1.807, 2.05) is 6.07 Å². The van der Waals surface area contributed by atoms with Crippen LogP contribution >= 0.6 is 15.9 Å². The van der Waals surface area contributed by atoms with Gasteiger partial charge in [0.05, 0.1) is 11.4 Å². The third kappa shape index (κ3) is 3.19. The summed E-state index contributed by atoms with van der Waals surface area (Å²) in [7, 11) is -3.87. The van der Waals surface area contributed by atoms with Crippen molar-refractivity contribution in [1.29, 1.82) is 0 Å². The Kier molecular flexibility index (Phi) is 4.25. The first-order valence-electron chi connectivity index (χ1n) is 6.06. The average Bonchev–Trinajstić information content (AvgIpc) is 2.38. The summed E-state index contributed by atoms with van der Waals surface area (Å²) in [5, 5.41) is 0. The van der Waals surface area contributed by atoms with E-state index in [-0.39, 0.29) is 15.1 Å². The standard InChI is InChI=1S/C14H14BrFN2O2S/c1-8-4-3-5-9(2)14(8)18-21(19,20)13-7-12(17)11(16)6-10(13)15/h3-7,18H,17H2,1-2H3. The van der Waals surface area contributed by atoms with Gasteiger partial charge in [-0.05, 0) is 53.0 Å². The van der Waals surface area contributed by atoms with Crippen LogP contribution in [0.3, 0.4) is 0 Å². The van der Waals surface area contributed by atoms with Crippen LogP contribution in [-0.2, 0) is 10.0 Å². The second-order valence-electron chi connectivity index (χ2n) is 4.68. The van der Waals surface area contributed by atoms with Crippen LogP contribution in [0.25, 0.3) is 0 Å². The molecule has 0 saturated carbocycles. The van der Waals surface area contributed by atoms with E-state index in [4.69, 9.17) is 5.73 Å². The molecule has 0 unspecified atom stereocenters. The number of para-hydroxylation sites is 1. The Labute approximate surface area is 131 Å². The zero-order valence-electron chi connectivity index (χ0n) is 11.4. The van der Waals surface area contributed by atoms with Gasteiger partial charge in [0, 0.05) is 4.47 Å². The molecule has 0 aliphatic carbocycles. The van der Waals surface area contributed by atoms with Crippen molar-refractivity contribution >= 4 is 37.3 Å². The monoisotopic (exact) mass is 372 g/mol. The van der Waals surface area contributed by atoms with Gasteiger partial charge in [0.15, 0.2) is 0 Å². The van der Waals surface area contributed by atoms with E-state index in [9.17, 15) is 12.8 Å².